The summed E-state index contributed by atoms with van der Waals surface area (Å²) in [6, 6.07) is 15.7. The van der Waals surface area contributed by atoms with Gasteiger partial charge in [0.25, 0.3) is 0 Å². The Morgan fingerprint density at radius 2 is 1.56 bits per heavy atom. The summed E-state index contributed by atoms with van der Waals surface area (Å²) in [6.07, 6.45) is 1.74. The van der Waals surface area contributed by atoms with Gasteiger partial charge in [-0.2, -0.15) is 0 Å². The van der Waals surface area contributed by atoms with E-state index in [1.54, 1.807) is 27.5 Å². The van der Waals surface area contributed by atoms with Gasteiger partial charge in [0, 0.05) is 32.4 Å². The van der Waals surface area contributed by atoms with Gasteiger partial charge in [-0.1, -0.05) is 12.1 Å². The van der Waals surface area contributed by atoms with Gasteiger partial charge in [0.05, 0.1) is 14.2 Å². The van der Waals surface area contributed by atoms with E-state index in [0.29, 0.717) is 36.4 Å². The highest BCUT2D eigenvalue weighted by atomic mass is 16.5. The minimum atomic E-state index is 0.556. The molecule has 1 heterocycles. The van der Waals surface area contributed by atoms with Crippen molar-refractivity contribution in [2.75, 3.05) is 21.3 Å². The summed E-state index contributed by atoms with van der Waals surface area (Å²) in [5.74, 6) is 3.42. The van der Waals surface area contributed by atoms with E-state index >= 15 is 0 Å². The van der Waals surface area contributed by atoms with Crippen LogP contribution in [0.2, 0.25) is 0 Å². The Kier molecular flexibility index (Phi) is 7.91. The minimum absolute atomic E-state index is 0.556. The maximum atomic E-state index is 5.93. The van der Waals surface area contributed by atoms with Crippen LogP contribution in [0.15, 0.2) is 59.7 Å². The molecule has 3 aromatic rings. The monoisotopic (exact) mass is 434 g/mol. The largest absolute Gasteiger partial charge is 0.493 e. The van der Waals surface area contributed by atoms with Gasteiger partial charge in [-0.15, -0.1) is 0 Å². The van der Waals surface area contributed by atoms with Crippen LogP contribution in [0.4, 0.5) is 0 Å². The first-order valence-electron chi connectivity index (χ1n) is 10.4. The van der Waals surface area contributed by atoms with Crippen molar-refractivity contribution in [3.8, 4) is 23.1 Å². The zero-order valence-electron chi connectivity index (χ0n) is 19.2. The molecule has 0 bridgehead atoms. The average molecular weight is 435 g/mol. The van der Waals surface area contributed by atoms with Crippen molar-refractivity contribution in [1.82, 2.24) is 15.6 Å². The van der Waals surface area contributed by atoms with E-state index < -0.39 is 0 Å². The molecule has 0 atom stereocenters. The van der Waals surface area contributed by atoms with Gasteiger partial charge in [-0.05, 0) is 66.4 Å². The molecule has 0 amide bonds. The minimum Gasteiger partial charge on any atom is -0.493 e. The Hall–Kier alpha value is -3.74. The van der Waals surface area contributed by atoms with E-state index in [2.05, 4.69) is 34.5 Å². The maximum Gasteiger partial charge on any atom is 0.219 e. The Balaban J connectivity index is 1.57. The van der Waals surface area contributed by atoms with Gasteiger partial charge in [0.15, 0.2) is 17.5 Å². The van der Waals surface area contributed by atoms with Gasteiger partial charge in [-0.25, -0.2) is 4.98 Å². The van der Waals surface area contributed by atoms with E-state index in [9.17, 15) is 0 Å². The topological polar surface area (TPSA) is 77.0 Å². The summed E-state index contributed by atoms with van der Waals surface area (Å²) in [4.78, 5) is 8.62. The molecule has 0 saturated heterocycles. The van der Waals surface area contributed by atoms with Crippen LogP contribution in [0.3, 0.4) is 0 Å². The van der Waals surface area contributed by atoms with E-state index in [-0.39, 0.29) is 0 Å². The van der Waals surface area contributed by atoms with Crippen molar-refractivity contribution in [2.24, 2.45) is 4.99 Å². The normalized spacial score (nSPS) is 11.1. The van der Waals surface area contributed by atoms with Gasteiger partial charge < -0.3 is 24.8 Å². The molecular formula is C25H30N4O3. The molecular weight excluding hydrogens is 404 g/mol. The van der Waals surface area contributed by atoms with Gasteiger partial charge >= 0.3 is 0 Å². The third-order valence-corrected chi connectivity index (χ3v) is 5.09. The van der Waals surface area contributed by atoms with Crippen molar-refractivity contribution >= 4 is 5.96 Å². The third-order valence-electron chi connectivity index (χ3n) is 5.09. The number of nitrogens with zero attached hydrogens (tertiary/aromatic N) is 2. The number of pyridine rings is 1. The molecule has 2 aromatic carbocycles. The summed E-state index contributed by atoms with van der Waals surface area (Å²) < 4.78 is 16.6. The van der Waals surface area contributed by atoms with Crippen molar-refractivity contribution in [2.45, 2.75) is 26.9 Å². The first kappa shape index (κ1) is 22.9. The fraction of sp³-hybridized carbons (Fsp3) is 0.280. The Bertz CT molecular complexity index is 1080. The summed E-state index contributed by atoms with van der Waals surface area (Å²) in [6.45, 7) is 5.32. The van der Waals surface area contributed by atoms with Crippen LogP contribution in [0, 0.1) is 13.8 Å². The number of rotatable bonds is 8. The highest BCUT2D eigenvalue weighted by molar-refractivity contribution is 5.79. The van der Waals surface area contributed by atoms with E-state index in [1.165, 1.54) is 11.1 Å². The molecule has 0 fully saturated rings. The SMILES string of the molecule is CN=C(NCc1ccnc(Oc2ccc(C)c(C)c2)c1)NCc1ccc(OC)c(OC)c1. The lowest BCUT2D eigenvalue weighted by atomic mass is 10.1. The number of hydrogen-bond donors (Lipinski definition) is 2. The van der Waals surface area contributed by atoms with E-state index in [1.807, 2.05) is 48.5 Å². The molecule has 1 aromatic heterocycles. The fourth-order valence-corrected chi connectivity index (χ4v) is 3.10. The predicted molar refractivity (Wildman–Crippen MR) is 127 cm³/mol. The quantitative estimate of drug-likeness (QED) is 0.405. The number of aromatic nitrogens is 1. The second-order valence-electron chi connectivity index (χ2n) is 7.32. The summed E-state index contributed by atoms with van der Waals surface area (Å²) in [7, 11) is 4.99. The third kappa shape index (κ3) is 6.14. The van der Waals surface area contributed by atoms with Crippen LogP contribution in [0.1, 0.15) is 22.3 Å². The number of ether oxygens (including phenoxy) is 3. The molecule has 168 valence electrons. The molecule has 0 spiro atoms. The molecule has 3 rings (SSSR count). The molecule has 2 N–H and O–H groups in total. The lowest BCUT2D eigenvalue weighted by molar-refractivity contribution is 0.354. The lowest BCUT2D eigenvalue weighted by Gasteiger charge is -2.14. The van der Waals surface area contributed by atoms with Gasteiger partial charge in [0.2, 0.25) is 5.88 Å². The van der Waals surface area contributed by atoms with Crippen LogP contribution >= 0.6 is 0 Å². The number of benzene rings is 2. The number of hydrogen-bond acceptors (Lipinski definition) is 5. The van der Waals surface area contributed by atoms with Crippen molar-refractivity contribution < 1.29 is 14.2 Å². The molecule has 0 aliphatic carbocycles. The van der Waals surface area contributed by atoms with Crippen molar-refractivity contribution in [1.29, 1.82) is 0 Å². The fourth-order valence-electron chi connectivity index (χ4n) is 3.10. The highest BCUT2D eigenvalue weighted by Gasteiger charge is 2.06. The maximum absolute atomic E-state index is 5.93. The molecule has 7 nitrogen and oxygen atoms in total. The number of aryl methyl sites for hydroxylation is 2. The van der Waals surface area contributed by atoms with Crippen LogP contribution in [0.25, 0.3) is 0 Å². The number of aliphatic imine (C=N–C) groups is 1. The first-order chi connectivity index (χ1) is 15.5. The molecule has 0 aliphatic heterocycles. The Morgan fingerprint density at radius 3 is 2.22 bits per heavy atom. The van der Waals surface area contributed by atoms with Gasteiger partial charge in [0.1, 0.15) is 5.75 Å². The van der Waals surface area contributed by atoms with Crippen LogP contribution in [-0.2, 0) is 13.1 Å². The predicted octanol–water partition coefficient (Wildman–Crippen LogP) is 4.37. The van der Waals surface area contributed by atoms with Gasteiger partial charge in [-0.3, -0.25) is 4.99 Å². The second-order valence-corrected chi connectivity index (χ2v) is 7.32. The van der Waals surface area contributed by atoms with Crippen LogP contribution in [0.5, 0.6) is 23.1 Å². The van der Waals surface area contributed by atoms with Crippen LogP contribution in [-0.4, -0.2) is 32.2 Å². The Morgan fingerprint density at radius 1 is 0.844 bits per heavy atom. The standard InChI is InChI=1S/C25H30N4O3/c1-17-6-8-21(12-18(17)2)32-24-14-20(10-11-27-24)16-29-25(26-3)28-15-19-7-9-22(30-4)23(13-19)31-5/h6-14H,15-16H2,1-5H3,(H2,26,28,29). The highest BCUT2D eigenvalue weighted by Crippen LogP contribution is 2.27. The number of methoxy groups -OCH3 is 2. The molecule has 7 heteroatoms. The summed E-state index contributed by atoms with van der Waals surface area (Å²) in [5.41, 5.74) is 4.51. The average Bonchev–Trinajstić information content (AvgIpc) is 2.81. The van der Waals surface area contributed by atoms with E-state index in [4.69, 9.17) is 14.2 Å². The van der Waals surface area contributed by atoms with E-state index in [0.717, 1.165) is 16.9 Å². The molecule has 0 saturated carbocycles. The smallest absolute Gasteiger partial charge is 0.219 e. The van der Waals surface area contributed by atoms with Crippen molar-refractivity contribution in [3.05, 3.63) is 77.0 Å². The number of guanidine groups is 1. The second kappa shape index (κ2) is 11.0. The zero-order valence-corrected chi connectivity index (χ0v) is 19.2. The van der Waals surface area contributed by atoms with Crippen molar-refractivity contribution in [3.63, 3.8) is 0 Å². The summed E-state index contributed by atoms with van der Waals surface area (Å²) in [5, 5.41) is 6.62. The molecule has 0 radical (unpaired) electrons. The first-order valence-corrected chi connectivity index (χ1v) is 10.4. The molecule has 0 unspecified atom stereocenters. The van der Waals surface area contributed by atoms with Crippen LogP contribution < -0.4 is 24.8 Å². The Labute approximate surface area is 189 Å². The molecule has 0 aliphatic rings. The molecule has 32 heavy (non-hydrogen) atoms. The zero-order chi connectivity index (χ0) is 22.9. The number of nitrogens with one attached hydrogen (secondary N) is 2. The summed E-state index contributed by atoms with van der Waals surface area (Å²) >= 11 is 0. The lowest BCUT2D eigenvalue weighted by Crippen LogP contribution is -2.36.